The first-order valence-electron chi connectivity index (χ1n) is 6.03. The smallest absolute Gasteiger partial charge is 0.170 e. The van der Waals surface area contributed by atoms with Crippen LogP contribution in [0.25, 0.3) is 10.9 Å². The first-order valence-corrected chi connectivity index (χ1v) is 6.41. The number of rotatable bonds is 3. The van der Waals surface area contributed by atoms with Crippen LogP contribution in [-0.4, -0.2) is 16.1 Å². The van der Waals surface area contributed by atoms with Gasteiger partial charge in [0, 0.05) is 10.4 Å². The number of fused-ring (bicyclic) bond motifs is 1. The van der Waals surface area contributed by atoms with E-state index in [2.05, 4.69) is 5.10 Å². The summed E-state index contributed by atoms with van der Waals surface area (Å²) >= 11 is 5.99. The van der Waals surface area contributed by atoms with E-state index in [1.54, 1.807) is 35.0 Å². The van der Waals surface area contributed by atoms with E-state index >= 15 is 0 Å². The van der Waals surface area contributed by atoms with Crippen molar-refractivity contribution >= 4 is 28.8 Å². The second-order valence-corrected chi connectivity index (χ2v) is 4.89. The number of benzene rings is 2. The quantitative estimate of drug-likeness (QED) is 0.689. The molecule has 0 atom stereocenters. The van der Waals surface area contributed by atoms with E-state index in [4.69, 9.17) is 11.6 Å². The highest BCUT2D eigenvalue weighted by molar-refractivity contribution is 6.31. The molecular formula is C15H10ClFN2O. The van der Waals surface area contributed by atoms with Gasteiger partial charge < -0.3 is 0 Å². The van der Waals surface area contributed by atoms with Crippen LogP contribution in [0.5, 0.6) is 0 Å². The van der Waals surface area contributed by atoms with Gasteiger partial charge in [0.25, 0.3) is 0 Å². The molecule has 0 bridgehead atoms. The van der Waals surface area contributed by atoms with Crippen LogP contribution in [0.4, 0.5) is 4.39 Å². The number of carbonyl (C=O) groups is 1. The minimum absolute atomic E-state index is 0.282. The number of aldehydes is 1. The predicted octanol–water partition coefficient (Wildman–Crippen LogP) is 3.69. The van der Waals surface area contributed by atoms with Crippen molar-refractivity contribution in [2.45, 2.75) is 6.54 Å². The molecule has 3 aromatic rings. The van der Waals surface area contributed by atoms with E-state index in [9.17, 15) is 9.18 Å². The van der Waals surface area contributed by atoms with Gasteiger partial charge >= 0.3 is 0 Å². The third-order valence-corrected chi connectivity index (χ3v) is 3.33. The molecule has 5 heteroatoms. The summed E-state index contributed by atoms with van der Waals surface area (Å²) in [6.45, 7) is 0.449. The standard InChI is InChI=1S/C15H10ClFN2O/c16-11-3-6-13-14(9-20)18-19(15(13)7-11)8-10-1-4-12(17)5-2-10/h1-7,9H,8H2. The zero-order chi connectivity index (χ0) is 14.1. The monoisotopic (exact) mass is 288 g/mol. The maximum atomic E-state index is 12.9. The van der Waals surface area contributed by atoms with E-state index in [1.807, 2.05) is 0 Å². The van der Waals surface area contributed by atoms with Gasteiger partial charge in [-0.05, 0) is 35.9 Å². The summed E-state index contributed by atoms with van der Waals surface area (Å²) in [6, 6.07) is 11.4. The summed E-state index contributed by atoms with van der Waals surface area (Å²) in [7, 11) is 0. The molecule has 0 unspecified atom stereocenters. The molecule has 1 aromatic heterocycles. The van der Waals surface area contributed by atoms with Crippen LogP contribution >= 0.6 is 11.6 Å². The number of carbonyl (C=O) groups excluding carboxylic acids is 1. The van der Waals surface area contributed by atoms with Gasteiger partial charge in [-0.1, -0.05) is 23.7 Å². The lowest BCUT2D eigenvalue weighted by Crippen LogP contribution is -2.02. The first kappa shape index (κ1) is 12.8. The van der Waals surface area contributed by atoms with E-state index < -0.39 is 0 Å². The third kappa shape index (κ3) is 2.30. The second kappa shape index (κ2) is 5.06. The first-order chi connectivity index (χ1) is 9.67. The molecule has 0 fully saturated rings. The summed E-state index contributed by atoms with van der Waals surface area (Å²) in [5.41, 5.74) is 2.05. The number of aromatic nitrogens is 2. The Balaban J connectivity index is 2.08. The summed E-state index contributed by atoms with van der Waals surface area (Å²) in [6.07, 6.45) is 0.720. The Bertz CT molecular complexity index is 780. The normalized spacial score (nSPS) is 10.9. The van der Waals surface area contributed by atoms with Gasteiger partial charge in [-0.15, -0.1) is 0 Å². The number of halogens is 2. The Labute approximate surface area is 119 Å². The molecule has 0 aliphatic rings. The largest absolute Gasteiger partial charge is 0.296 e. The number of hydrogen-bond acceptors (Lipinski definition) is 2. The molecule has 1 heterocycles. The highest BCUT2D eigenvalue weighted by Gasteiger charge is 2.10. The van der Waals surface area contributed by atoms with Crippen LogP contribution in [0.15, 0.2) is 42.5 Å². The lowest BCUT2D eigenvalue weighted by Gasteiger charge is -2.04. The molecule has 2 aromatic carbocycles. The Kier molecular flexibility index (Phi) is 3.24. The molecule has 0 radical (unpaired) electrons. The summed E-state index contributed by atoms with van der Waals surface area (Å²) in [5.74, 6) is -0.282. The topological polar surface area (TPSA) is 34.9 Å². The fourth-order valence-electron chi connectivity index (χ4n) is 2.14. The van der Waals surface area contributed by atoms with E-state index in [0.717, 1.165) is 22.8 Å². The van der Waals surface area contributed by atoms with Crippen molar-refractivity contribution in [2.24, 2.45) is 0 Å². The molecule has 100 valence electrons. The van der Waals surface area contributed by atoms with Gasteiger partial charge in [0.15, 0.2) is 6.29 Å². The van der Waals surface area contributed by atoms with Crippen molar-refractivity contribution in [2.75, 3.05) is 0 Å². The third-order valence-electron chi connectivity index (χ3n) is 3.10. The van der Waals surface area contributed by atoms with Gasteiger partial charge in [0.1, 0.15) is 11.5 Å². The molecule has 0 amide bonds. The average Bonchev–Trinajstić information content (AvgIpc) is 2.79. The second-order valence-electron chi connectivity index (χ2n) is 4.45. The molecule has 0 saturated heterocycles. The minimum Gasteiger partial charge on any atom is -0.296 e. The van der Waals surface area contributed by atoms with Crippen LogP contribution in [0, 0.1) is 5.82 Å². The Hall–Kier alpha value is -2.20. The van der Waals surface area contributed by atoms with Crippen LogP contribution < -0.4 is 0 Å². The van der Waals surface area contributed by atoms with Gasteiger partial charge in [0.05, 0.1) is 12.1 Å². The van der Waals surface area contributed by atoms with Crippen molar-refractivity contribution in [1.29, 1.82) is 0 Å². The number of hydrogen-bond donors (Lipinski definition) is 0. The van der Waals surface area contributed by atoms with Gasteiger partial charge in [-0.25, -0.2) is 4.39 Å². The minimum atomic E-state index is -0.282. The predicted molar refractivity (Wildman–Crippen MR) is 75.6 cm³/mol. The Morgan fingerprint density at radius 1 is 1.20 bits per heavy atom. The zero-order valence-electron chi connectivity index (χ0n) is 10.4. The maximum Gasteiger partial charge on any atom is 0.170 e. The van der Waals surface area contributed by atoms with Crippen LogP contribution in [0.1, 0.15) is 16.1 Å². The molecule has 3 rings (SSSR count). The SMILES string of the molecule is O=Cc1nn(Cc2ccc(F)cc2)c2cc(Cl)ccc12. The Morgan fingerprint density at radius 3 is 2.65 bits per heavy atom. The van der Waals surface area contributed by atoms with Crippen molar-refractivity contribution < 1.29 is 9.18 Å². The van der Waals surface area contributed by atoms with E-state index in [0.29, 0.717) is 17.3 Å². The van der Waals surface area contributed by atoms with E-state index in [-0.39, 0.29) is 5.82 Å². The fourth-order valence-corrected chi connectivity index (χ4v) is 2.31. The molecule has 3 nitrogen and oxygen atoms in total. The van der Waals surface area contributed by atoms with Gasteiger partial charge in [0.2, 0.25) is 0 Å². The fraction of sp³-hybridized carbons (Fsp3) is 0.0667. The molecule has 0 aliphatic heterocycles. The van der Waals surface area contributed by atoms with Crippen molar-refractivity contribution in [3.63, 3.8) is 0 Å². The van der Waals surface area contributed by atoms with Crippen molar-refractivity contribution in [3.05, 3.63) is 64.6 Å². The summed E-state index contributed by atoms with van der Waals surface area (Å²) in [4.78, 5) is 11.1. The van der Waals surface area contributed by atoms with E-state index in [1.165, 1.54) is 12.1 Å². The number of nitrogens with zero attached hydrogens (tertiary/aromatic N) is 2. The van der Waals surface area contributed by atoms with Gasteiger partial charge in [-0.2, -0.15) is 5.10 Å². The van der Waals surface area contributed by atoms with Crippen molar-refractivity contribution in [1.82, 2.24) is 9.78 Å². The molecule has 0 spiro atoms. The zero-order valence-corrected chi connectivity index (χ0v) is 11.1. The Morgan fingerprint density at radius 2 is 1.95 bits per heavy atom. The van der Waals surface area contributed by atoms with Gasteiger partial charge in [-0.3, -0.25) is 9.48 Å². The molecule has 20 heavy (non-hydrogen) atoms. The van der Waals surface area contributed by atoms with Crippen LogP contribution in [-0.2, 0) is 6.54 Å². The molecule has 0 saturated carbocycles. The summed E-state index contributed by atoms with van der Waals surface area (Å²) < 4.78 is 14.6. The van der Waals surface area contributed by atoms with Crippen molar-refractivity contribution in [3.8, 4) is 0 Å². The lowest BCUT2D eigenvalue weighted by molar-refractivity contribution is 0.111. The highest BCUT2D eigenvalue weighted by atomic mass is 35.5. The van der Waals surface area contributed by atoms with Crippen LogP contribution in [0.3, 0.4) is 0 Å². The lowest BCUT2D eigenvalue weighted by atomic mass is 10.2. The molecule has 0 N–H and O–H groups in total. The molecular weight excluding hydrogens is 279 g/mol. The molecule has 0 aliphatic carbocycles. The highest BCUT2D eigenvalue weighted by Crippen LogP contribution is 2.22. The van der Waals surface area contributed by atoms with Crippen LogP contribution in [0.2, 0.25) is 5.02 Å². The maximum absolute atomic E-state index is 12.9. The summed E-state index contributed by atoms with van der Waals surface area (Å²) in [5, 5.41) is 5.60. The average molecular weight is 289 g/mol.